The van der Waals surface area contributed by atoms with E-state index in [-0.39, 0.29) is 23.5 Å². The molecule has 0 saturated carbocycles. The van der Waals surface area contributed by atoms with Crippen LogP contribution in [0.1, 0.15) is 34.6 Å². The zero-order valence-electron chi connectivity index (χ0n) is 16.6. The highest BCUT2D eigenvalue weighted by molar-refractivity contribution is 5.98. The highest BCUT2D eigenvalue weighted by atomic mass is 19.1. The lowest BCUT2D eigenvalue weighted by Gasteiger charge is -2.14. The summed E-state index contributed by atoms with van der Waals surface area (Å²) < 4.78 is 15.3. The van der Waals surface area contributed by atoms with Crippen LogP contribution in [-0.4, -0.2) is 25.9 Å². The number of hydrogen-bond acceptors (Lipinski definition) is 4. The van der Waals surface area contributed by atoms with Crippen LogP contribution in [0.3, 0.4) is 0 Å². The molecule has 6 nitrogen and oxygen atoms in total. The van der Waals surface area contributed by atoms with E-state index in [1.54, 1.807) is 48.3 Å². The number of rotatable bonds is 5. The minimum Gasteiger partial charge on any atom is -0.344 e. The van der Waals surface area contributed by atoms with Crippen LogP contribution in [0.5, 0.6) is 0 Å². The van der Waals surface area contributed by atoms with E-state index in [1.807, 2.05) is 37.3 Å². The van der Waals surface area contributed by atoms with Gasteiger partial charge in [0.1, 0.15) is 11.5 Å². The fraction of sp³-hybridized carbons (Fsp3) is 0.130. The molecule has 0 unspecified atom stereocenters. The lowest BCUT2D eigenvalue weighted by molar-refractivity contribution is 0.0935. The van der Waals surface area contributed by atoms with E-state index in [9.17, 15) is 9.18 Å². The van der Waals surface area contributed by atoms with E-state index in [0.717, 1.165) is 11.1 Å². The van der Waals surface area contributed by atoms with Crippen LogP contribution in [0.2, 0.25) is 0 Å². The summed E-state index contributed by atoms with van der Waals surface area (Å²) in [5.41, 5.74) is 3.51. The lowest BCUT2D eigenvalue weighted by Crippen LogP contribution is -2.27. The Bertz CT molecular complexity index is 1170. The average molecular weight is 401 g/mol. The molecule has 1 amide bonds. The van der Waals surface area contributed by atoms with Crippen molar-refractivity contribution in [3.8, 4) is 16.9 Å². The molecular weight excluding hydrogens is 381 g/mol. The van der Waals surface area contributed by atoms with Gasteiger partial charge in [0, 0.05) is 18.0 Å². The summed E-state index contributed by atoms with van der Waals surface area (Å²) in [6, 6.07) is 17.7. The van der Waals surface area contributed by atoms with E-state index >= 15 is 0 Å². The first kappa shape index (κ1) is 19.4. The molecule has 4 aromatic rings. The van der Waals surface area contributed by atoms with E-state index in [4.69, 9.17) is 0 Å². The van der Waals surface area contributed by atoms with E-state index in [0.29, 0.717) is 16.9 Å². The molecule has 1 atom stereocenters. The highest BCUT2D eigenvalue weighted by Crippen LogP contribution is 2.26. The van der Waals surface area contributed by atoms with Crippen LogP contribution in [0.15, 0.2) is 73.1 Å². The molecule has 7 heteroatoms. The molecule has 0 saturated heterocycles. The number of nitrogens with one attached hydrogen (secondary N) is 1. The molecule has 4 rings (SSSR count). The summed E-state index contributed by atoms with van der Waals surface area (Å²) in [6.07, 6.45) is 3.27. The number of amides is 1. The van der Waals surface area contributed by atoms with E-state index in [1.165, 1.54) is 6.07 Å². The standard InChI is InChI=1S/C23H20FN5O/c1-15-14-19(8-9-20(15)24)29-22(18-10-12-25-13-11-18)21(27-28-29)23(30)26-16(2)17-6-4-3-5-7-17/h3-14,16H,1-2H3,(H,26,30)/t16-/m0/s1. The minimum absolute atomic E-state index is 0.186. The number of halogens is 1. The number of nitrogens with zero attached hydrogens (tertiary/aromatic N) is 4. The van der Waals surface area contributed by atoms with Crippen LogP contribution in [0.4, 0.5) is 4.39 Å². The first-order valence-electron chi connectivity index (χ1n) is 9.53. The van der Waals surface area contributed by atoms with Crippen LogP contribution < -0.4 is 5.32 Å². The summed E-state index contributed by atoms with van der Waals surface area (Å²) in [4.78, 5) is 17.1. The largest absolute Gasteiger partial charge is 0.344 e. The van der Waals surface area contributed by atoms with Gasteiger partial charge in [-0.1, -0.05) is 35.5 Å². The van der Waals surface area contributed by atoms with Gasteiger partial charge in [-0.25, -0.2) is 9.07 Å². The monoisotopic (exact) mass is 401 g/mol. The number of aromatic nitrogens is 4. The molecule has 0 radical (unpaired) electrons. The van der Waals surface area contributed by atoms with Crippen molar-refractivity contribution in [2.45, 2.75) is 19.9 Å². The SMILES string of the molecule is Cc1cc(-n2nnc(C(=O)N[C@@H](C)c3ccccc3)c2-c2ccncc2)ccc1F. The molecule has 0 aliphatic carbocycles. The zero-order chi connectivity index (χ0) is 21.1. The number of carbonyl (C=O) groups excluding carboxylic acids is 1. The predicted molar refractivity (Wildman–Crippen MR) is 112 cm³/mol. The quantitative estimate of drug-likeness (QED) is 0.542. The van der Waals surface area contributed by atoms with Gasteiger partial charge in [0.15, 0.2) is 5.69 Å². The van der Waals surface area contributed by atoms with Crippen molar-refractivity contribution in [2.24, 2.45) is 0 Å². The van der Waals surface area contributed by atoms with Crippen molar-refractivity contribution in [1.82, 2.24) is 25.3 Å². The predicted octanol–water partition coefficient (Wildman–Crippen LogP) is 4.27. The van der Waals surface area contributed by atoms with Gasteiger partial charge in [-0.3, -0.25) is 9.78 Å². The molecule has 2 aromatic heterocycles. The number of aryl methyl sites for hydroxylation is 1. The maximum Gasteiger partial charge on any atom is 0.274 e. The molecule has 0 aliphatic rings. The Morgan fingerprint density at radius 3 is 2.50 bits per heavy atom. The van der Waals surface area contributed by atoms with Crippen molar-refractivity contribution in [1.29, 1.82) is 0 Å². The second-order valence-electron chi connectivity index (χ2n) is 6.97. The second-order valence-corrected chi connectivity index (χ2v) is 6.97. The van der Waals surface area contributed by atoms with Crippen molar-refractivity contribution < 1.29 is 9.18 Å². The Morgan fingerprint density at radius 1 is 1.07 bits per heavy atom. The molecule has 2 aromatic carbocycles. The van der Waals surface area contributed by atoms with Crippen LogP contribution in [-0.2, 0) is 0 Å². The van der Waals surface area contributed by atoms with Crippen molar-refractivity contribution in [3.63, 3.8) is 0 Å². The van der Waals surface area contributed by atoms with Gasteiger partial charge < -0.3 is 5.32 Å². The maximum atomic E-state index is 13.8. The third kappa shape index (κ3) is 3.82. The Hall–Kier alpha value is -3.87. The third-order valence-corrected chi connectivity index (χ3v) is 4.87. The molecule has 0 aliphatic heterocycles. The Kier molecular flexibility index (Phi) is 5.34. The summed E-state index contributed by atoms with van der Waals surface area (Å²) in [5, 5.41) is 11.3. The molecule has 30 heavy (non-hydrogen) atoms. The number of carbonyl (C=O) groups is 1. The number of pyridine rings is 1. The minimum atomic E-state index is -0.344. The first-order chi connectivity index (χ1) is 14.5. The summed E-state index contributed by atoms with van der Waals surface area (Å²) in [5.74, 6) is -0.651. The van der Waals surface area contributed by atoms with Crippen LogP contribution in [0, 0.1) is 12.7 Å². The molecular formula is C23H20FN5O. The Morgan fingerprint density at radius 2 is 1.80 bits per heavy atom. The molecule has 2 heterocycles. The topological polar surface area (TPSA) is 72.7 Å². The van der Waals surface area contributed by atoms with Crippen molar-refractivity contribution >= 4 is 5.91 Å². The van der Waals surface area contributed by atoms with Gasteiger partial charge in [0.05, 0.1) is 11.7 Å². The fourth-order valence-corrected chi connectivity index (χ4v) is 3.23. The molecule has 0 spiro atoms. The first-order valence-corrected chi connectivity index (χ1v) is 9.53. The van der Waals surface area contributed by atoms with Crippen molar-refractivity contribution in [3.05, 3.63) is 95.7 Å². The fourth-order valence-electron chi connectivity index (χ4n) is 3.23. The smallest absolute Gasteiger partial charge is 0.274 e. The van der Waals surface area contributed by atoms with Gasteiger partial charge in [-0.2, -0.15) is 0 Å². The van der Waals surface area contributed by atoms with Gasteiger partial charge >= 0.3 is 0 Å². The van der Waals surface area contributed by atoms with Crippen LogP contribution in [0.25, 0.3) is 16.9 Å². The Balaban J connectivity index is 1.75. The number of benzene rings is 2. The Labute approximate surface area is 173 Å². The summed E-state index contributed by atoms with van der Waals surface area (Å²) in [7, 11) is 0. The number of hydrogen-bond donors (Lipinski definition) is 1. The van der Waals surface area contributed by atoms with Crippen LogP contribution >= 0.6 is 0 Å². The second kappa shape index (κ2) is 8.24. The van der Waals surface area contributed by atoms with E-state index in [2.05, 4.69) is 20.6 Å². The molecule has 0 fully saturated rings. The summed E-state index contributed by atoms with van der Waals surface area (Å²) in [6.45, 7) is 3.59. The molecule has 1 N–H and O–H groups in total. The van der Waals surface area contributed by atoms with Gasteiger partial charge in [-0.05, 0) is 55.3 Å². The van der Waals surface area contributed by atoms with Gasteiger partial charge in [-0.15, -0.1) is 5.10 Å². The average Bonchev–Trinajstić information content (AvgIpc) is 3.22. The van der Waals surface area contributed by atoms with Gasteiger partial charge in [0.2, 0.25) is 0 Å². The molecule has 0 bridgehead atoms. The van der Waals surface area contributed by atoms with Gasteiger partial charge in [0.25, 0.3) is 5.91 Å². The highest BCUT2D eigenvalue weighted by Gasteiger charge is 2.23. The van der Waals surface area contributed by atoms with Crippen molar-refractivity contribution in [2.75, 3.05) is 0 Å². The maximum absolute atomic E-state index is 13.8. The lowest BCUT2D eigenvalue weighted by atomic mass is 10.1. The normalized spacial score (nSPS) is 11.8. The van der Waals surface area contributed by atoms with E-state index < -0.39 is 0 Å². The third-order valence-electron chi connectivity index (χ3n) is 4.87. The summed E-state index contributed by atoms with van der Waals surface area (Å²) >= 11 is 0. The molecule has 150 valence electrons. The zero-order valence-corrected chi connectivity index (χ0v) is 16.6.